The first kappa shape index (κ1) is 23.3. The van der Waals surface area contributed by atoms with Gasteiger partial charge in [0.1, 0.15) is 5.75 Å². The number of nitrogens with one attached hydrogen (secondary N) is 1. The van der Waals surface area contributed by atoms with Crippen LogP contribution in [-0.4, -0.2) is 80.2 Å². The second-order valence-corrected chi connectivity index (χ2v) is 8.32. The molecular formula is C23H36N4O4. The lowest BCUT2D eigenvalue weighted by Crippen LogP contribution is -2.44. The van der Waals surface area contributed by atoms with Crippen LogP contribution >= 0.6 is 0 Å². The summed E-state index contributed by atoms with van der Waals surface area (Å²) >= 11 is 0. The summed E-state index contributed by atoms with van der Waals surface area (Å²) in [6.45, 7) is 5.90. The molecule has 2 aliphatic rings. The van der Waals surface area contributed by atoms with Crippen molar-refractivity contribution in [2.45, 2.75) is 51.2 Å². The van der Waals surface area contributed by atoms with Crippen LogP contribution in [0.2, 0.25) is 0 Å². The Balaban J connectivity index is 1.49. The highest BCUT2D eigenvalue weighted by Crippen LogP contribution is 2.27. The largest absolute Gasteiger partial charge is 0.495 e. The molecule has 0 aliphatic carbocycles. The number of likely N-dealkylation sites (tertiary alicyclic amines) is 2. The zero-order valence-corrected chi connectivity index (χ0v) is 18.8. The number of ether oxygens (including phenoxy) is 2. The molecule has 2 fully saturated rings. The van der Waals surface area contributed by atoms with Crippen LogP contribution in [-0.2, 0) is 9.53 Å². The number of methoxy groups -OCH3 is 1. The number of hydrogen-bond acceptors (Lipinski definition) is 6. The zero-order chi connectivity index (χ0) is 22.2. The predicted octanol–water partition coefficient (Wildman–Crippen LogP) is 2.09. The molecule has 31 heavy (non-hydrogen) atoms. The fourth-order valence-corrected chi connectivity index (χ4v) is 4.26. The third kappa shape index (κ3) is 6.33. The molecule has 3 rings (SSSR count). The Labute approximate surface area is 185 Å². The molecule has 0 unspecified atom stereocenters. The minimum atomic E-state index is 0.0396. The summed E-state index contributed by atoms with van der Waals surface area (Å²) in [5.74, 6) is 0.899. The van der Waals surface area contributed by atoms with Crippen LogP contribution in [0.1, 0.15) is 49.4 Å². The number of piperidine rings is 2. The van der Waals surface area contributed by atoms with Gasteiger partial charge in [-0.3, -0.25) is 9.59 Å². The van der Waals surface area contributed by atoms with Gasteiger partial charge in [-0.05, 0) is 56.8 Å². The first-order chi connectivity index (χ1) is 15.0. The molecule has 0 bridgehead atoms. The van der Waals surface area contributed by atoms with Gasteiger partial charge in [-0.25, -0.2) is 0 Å². The molecule has 2 heterocycles. The van der Waals surface area contributed by atoms with Crippen LogP contribution in [0.3, 0.4) is 0 Å². The van der Waals surface area contributed by atoms with Crippen LogP contribution in [0.25, 0.3) is 0 Å². The average molecular weight is 433 g/mol. The van der Waals surface area contributed by atoms with Crippen molar-refractivity contribution in [1.29, 1.82) is 0 Å². The molecule has 1 aromatic rings. The van der Waals surface area contributed by atoms with Crippen LogP contribution in [0.4, 0.5) is 5.69 Å². The fourth-order valence-electron chi connectivity index (χ4n) is 4.26. The molecule has 2 aliphatic heterocycles. The third-order valence-electron chi connectivity index (χ3n) is 6.14. The Kier molecular flexibility index (Phi) is 8.54. The number of hydrogen-bond donors (Lipinski definition) is 2. The number of rotatable bonds is 8. The molecule has 0 aromatic heterocycles. The molecule has 2 amide bonds. The Morgan fingerprint density at radius 3 is 2.23 bits per heavy atom. The van der Waals surface area contributed by atoms with E-state index in [1.54, 1.807) is 14.0 Å². The highest BCUT2D eigenvalue weighted by Gasteiger charge is 2.28. The lowest BCUT2D eigenvalue weighted by molar-refractivity contribution is -0.132. The van der Waals surface area contributed by atoms with Gasteiger partial charge >= 0.3 is 0 Å². The van der Waals surface area contributed by atoms with E-state index in [4.69, 9.17) is 15.2 Å². The summed E-state index contributed by atoms with van der Waals surface area (Å²) in [7, 11) is 1.62. The molecule has 8 heteroatoms. The Morgan fingerprint density at radius 2 is 1.68 bits per heavy atom. The quantitative estimate of drug-likeness (QED) is 0.611. The van der Waals surface area contributed by atoms with Crippen molar-refractivity contribution in [3.05, 3.63) is 23.8 Å². The van der Waals surface area contributed by atoms with Gasteiger partial charge in [0.05, 0.1) is 25.0 Å². The summed E-state index contributed by atoms with van der Waals surface area (Å²) in [6.07, 6.45) is 4.72. The van der Waals surface area contributed by atoms with Crippen molar-refractivity contribution in [1.82, 2.24) is 9.80 Å². The van der Waals surface area contributed by atoms with Crippen molar-refractivity contribution < 1.29 is 19.1 Å². The maximum absolute atomic E-state index is 13.0. The molecule has 0 radical (unpaired) electrons. The van der Waals surface area contributed by atoms with Gasteiger partial charge in [-0.1, -0.05) is 0 Å². The van der Waals surface area contributed by atoms with Gasteiger partial charge in [0.2, 0.25) is 5.91 Å². The molecule has 0 spiro atoms. The third-order valence-corrected chi connectivity index (χ3v) is 6.14. The van der Waals surface area contributed by atoms with E-state index in [0.29, 0.717) is 25.2 Å². The van der Waals surface area contributed by atoms with E-state index in [-0.39, 0.29) is 24.0 Å². The fraction of sp³-hybridized carbons (Fsp3) is 0.652. The van der Waals surface area contributed by atoms with E-state index in [2.05, 4.69) is 5.32 Å². The monoisotopic (exact) mass is 432 g/mol. The van der Waals surface area contributed by atoms with Crippen molar-refractivity contribution in [3.63, 3.8) is 0 Å². The van der Waals surface area contributed by atoms with Gasteiger partial charge in [0.25, 0.3) is 5.91 Å². The highest BCUT2D eigenvalue weighted by atomic mass is 16.5. The highest BCUT2D eigenvalue weighted by molar-refractivity contribution is 5.95. The van der Waals surface area contributed by atoms with E-state index in [0.717, 1.165) is 63.2 Å². The van der Waals surface area contributed by atoms with Crippen molar-refractivity contribution in [2.24, 2.45) is 5.73 Å². The van der Waals surface area contributed by atoms with Crippen LogP contribution in [0, 0.1) is 0 Å². The number of nitrogens with two attached hydrogens (primary N) is 1. The molecule has 0 atom stereocenters. The van der Waals surface area contributed by atoms with Crippen LogP contribution < -0.4 is 15.8 Å². The summed E-state index contributed by atoms with van der Waals surface area (Å²) in [6, 6.07) is 5.52. The Bertz CT molecular complexity index is 741. The minimum Gasteiger partial charge on any atom is -0.495 e. The number of carbonyl (C=O) groups excluding carboxylic acids is 2. The first-order valence-electron chi connectivity index (χ1n) is 11.3. The van der Waals surface area contributed by atoms with Crippen molar-refractivity contribution in [2.75, 3.05) is 51.7 Å². The molecule has 3 N–H and O–H groups in total. The SMILES string of the molecule is COc1ccc(C(=O)N2CCC(OC3CCN(C(C)=O)CC3)CC2)cc1NCCCN. The number of nitrogens with zero attached hydrogens (tertiary/aromatic N) is 2. The molecule has 1 aromatic carbocycles. The number of anilines is 1. The topological polar surface area (TPSA) is 97.1 Å². The number of carbonyl (C=O) groups is 2. The maximum Gasteiger partial charge on any atom is 0.253 e. The molecule has 2 saturated heterocycles. The Morgan fingerprint density at radius 1 is 1.06 bits per heavy atom. The first-order valence-corrected chi connectivity index (χ1v) is 11.3. The maximum atomic E-state index is 13.0. The standard InChI is InChI=1S/C23H36N4O4/c1-17(28)26-12-6-19(7-13-26)31-20-8-14-27(15-9-20)23(29)18-4-5-22(30-2)21(16-18)25-11-3-10-24/h4-5,16,19-20,25H,3,6-15,24H2,1-2H3. The zero-order valence-electron chi connectivity index (χ0n) is 18.8. The second-order valence-electron chi connectivity index (χ2n) is 8.32. The Hall–Kier alpha value is -2.32. The number of benzene rings is 1. The number of amides is 2. The summed E-state index contributed by atoms with van der Waals surface area (Å²) in [5, 5.41) is 3.31. The smallest absolute Gasteiger partial charge is 0.253 e. The second kappa shape index (κ2) is 11.3. The summed E-state index contributed by atoms with van der Waals surface area (Å²) in [5.41, 5.74) is 7.05. The molecular weight excluding hydrogens is 396 g/mol. The van der Waals surface area contributed by atoms with Crippen LogP contribution in [0.15, 0.2) is 18.2 Å². The summed E-state index contributed by atoms with van der Waals surface area (Å²) in [4.78, 5) is 28.3. The van der Waals surface area contributed by atoms with E-state index in [1.807, 2.05) is 28.0 Å². The van der Waals surface area contributed by atoms with Gasteiger partial charge in [-0.15, -0.1) is 0 Å². The normalized spacial score (nSPS) is 18.2. The van der Waals surface area contributed by atoms with Crippen molar-refractivity contribution >= 4 is 17.5 Å². The van der Waals surface area contributed by atoms with E-state index in [9.17, 15) is 9.59 Å². The van der Waals surface area contributed by atoms with E-state index >= 15 is 0 Å². The van der Waals surface area contributed by atoms with Gasteiger partial charge < -0.3 is 30.3 Å². The molecule has 8 nitrogen and oxygen atoms in total. The minimum absolute atomic E-state index is 0.0396. The van der Waals surface area contributed by atoms with Crippen LogP contribution in [0.5, 0.6) is 5.75 Å². The van der Waals surface area contributed by atoms with E-state index < -0.39 is 0 Å². The van der Waals surface area contributed by atoms with Gasteiger partial charge in [0.15, 0.2) is 0 Å². The molecule has 0 saturated carbocycles. The molecule has 172 valence electrons. The van der Waals surface area contributed by atoms with Gasteiger partial charge in [0, 0.05) is 45.2 Å². The lowest BCUT2D eigenvalue weighted by atomic mass is 10.0. The average Bonchev–Trinajstić information content (AvgIpc) is 2.79. The summed E-state index contributed by atoms with van der Waals surface area (Å²) < 4.78 is 11.7. The van der Waals surface area contributed by atoms with E-state index in [1.165, 1.54) is 0 Å². The lowest BCUT2D eigenvalue weighted by Gasteiger charge is -2.37. The predicted molar refractivity (Wildman–Crippen MR) is 120 cm³/mol. The van der Waals surface area contributed by atoms with Gasteiger partial charge in [-0.2, -0.15) is 0 Å². The van der Waals surface area contributed by atoms with Crippen molar-refractivity contribution in [3.8, 4) is 5.75 Å².